The molecule has 1 saturated heterocycles. The molecular weight excluding hydrogens is 352 g/mol. The van der Waals surface area contributed by atoms with Gasteiger partial charge in [0.15, 0.2) is 0 Å². The first-order valence-electron chi connectivity index (χ1n) is 8.53. The summed E-state index contributed by atoms with van der Waals surface area (Å²) < 4.78 is 5.40. The highest BCUT2D eigenvalue weighted by Gasteiger charge is 2.36. The highest BCUT2D eigenvalue weighted by Crippen LogP contribution is 2.27. The van der Waals surface area contributed by atoms with E-state index in [1.165, 1.54) is 16.2 Å². The van der Waals surface area contributed by atoms with Crippen LogP contribution in [0.15, 0.2) is 30.3 Å². The van der Waals surface area contributed by atoms with Crippen LogP contribution < -0.4 is 5.32 Å². The van der Waals surface area contributed by atoms with E-state index in [4.69, 9.17) is 4.74 Å². The monoisotopic (exact) mass is 374 g/mol. The van der Waals surface area contributed by atoms with Gasteiger partial charge in [-0.05, 0) is 33.6 Å². The number of benzene rings is 1. The number of aromatic nitrogens is 2. The van der Waals surface area contributed by atoms with Gasteiger partial charge in [-0.3, -0.25) is 15.0 Å². The normalized spacial score (nSPS) is 17.2. The van der Waals surface area contributed by atoms with E-state index >= 15 is 0 Å². The second-order valence-electron chi connectivity index (χ2n) is 7.10. The Hall–Kier alpha value is -2.48. The Morgan fingerprint density at radius 1 is 1.23 bits per heavy atom. The fraction of sp³-hybridized carbons (Fsp3) is 0.444. The molecule has 1 aliphatic rings. The number of anilines is 1. The molecule has 1 N–H and O–H groups in total. The Bertz CT molecular complexity index is 785. The standard InChI is InChI=1S/C18H22N4O3S/c1-18(2,3)25-17(24)22-11-7-10-13(22)14(23)19-16-21-20-15(26-16)12-8-5-4-6-9-12/h4-6,8-9,13H,7,10-11H2,1-3H3,(H,19,21,23). The average Bonchev–Trinajstić information content (AvgIpc) is 3.23. The van der Waals surface area contributed by atoms with Gasteiger partial charge in [0.1, 0.15) is 16.7 Å². The van der Waals surface area contributed by atoms with Gasteiger partial charge in [0.2, 0.25) is 11.0 Å². The Morgan fingerprint density at radius 3 is 2.65 bits per heavy atom. The molecule has 0 radical (unpaired) electrons. The molecule has 2 heterocycles. The molecule has 0 bridgehead atoms. The molecule has 1 unspecified atom stereocenters. The van der Waals surface area contributed by atoms with Gasteiger partial charge in [-0.2, -0.15) is 0 Å². The van der Waals surface area contributed by atoms with Crippen molar-refractivity contribution in [2.75, 3.05) is 11.9 Å². The first-order chi connectivity index (χ1) is 12.3. The van der Waals surface area contributed by atoms with Crippen LogP contribution in [0.1, 0.15) is 33.6 Å². The minimum absolute atomic E-state index is 0.260. The molecule has 8 heteroatoms. The van der Waals surface area contributed by atoms with Crippen molar-refractivity contribution in [1.82, 2.24) is 15.1 Å². The number of nitrogens with one attached hydrogen (secondary N) is 1. The number of rotatable bonds is 3. The van der Waals surface area contributed by atoms with E-state index in [1.54, 1.807) is 0 Å². The molecule has 0 saturated carbocycles. The largest absolute Gasteiger partial charge is 0.444 e. The highest BCUT2D eigenvalue weighted by atomic mass is 32.1. The third kappa shape index (κ3) is 4.37. The maximum atomic E-state index is 12.6. The van der Waals surface area contributed by atoms with E-state index in [0.717, 1.165) is 17.0 Å². The summed E-state index contributed by atoms with van der Waals surface area (Å²) >= 11 is 1.30. The van der Waals surface area contributed by atoms with Crippen LogP contribution in [0.5, 0.6) is 0 Å². The summed E-state index contributed by atoms with van der Waals surface area (Å²) in [5.74, 6) is -0.260. The molecule has 2 amide bonds. The third-order valence-corrected chi connectivity index (χ3v) is 4.75. The molecule has 138 valence electrons. The fourth-order valence-corrected chi connectivity index (χ4v) is 3.49. The van der Waals surface area contributed by atoms with Crippen molar-refractivity contribution in [1.29, 1.82) is 0 Å². The van der Waals surface area contributed by atoms with Gasteiger partial charge in [-0.15, -0.1) is 10.2 Å². The van der Waals surface area contributed by atoms with E-state index in [1.807, 2.05) is 51.1 Å². The lowest BCUT2D eigenvalue weighted by atomic mass is 10.2. The lowest BCUT2D eigenvalue weighted by molar-refractivity contribution is -0.120. The summed E-state index contributed by atoms with van der Waals surface area (Å²) in [5.41, 5.74) is 0.353. The van der Waals surface area contributed by atoms with Crippen LogP contribution in [0.4, 0.5) is 9.93 Å². The Balaban J connectivity index is 1.66. The molecule has 1 aromatic carbocycles. The van der Waals surface area contributed by atoms with Crippen molar-refractivity contribution < 1.29 is 14.3 Å². The van der Waals surface area contributed by atoms with Gasteiger partial charge >= 0.3 is 6.09 Å². The fourth-order valence-electron chi connectivity index (χ4n) is 2.74. The molecule has 3 rings (SSSR count). The minimum Gasteiger partial charge on any atom is -0.444 e. The zero-order valence-corrected chi connectivity index (χ0v) is 15.9. The van der Waals surface area contributed by atoms with Crippen LogP contribution in [0.2, 0.25) is 0 Å². The Kier molecular flexibility index (Phi) is 5.22. The molecule has 26 heavy (non-hydrogen) atoms. The van der Waals surface area contributed by atoms with Gasteiger partial charge in [0.05, 0.1) is 0 Å². The summed E-state index contributed by atoms with van der Waals surface area (Å²) in [6, 6.07) is 9.10. The van der Waals surface area contributed by atoms with Crippen LogP contribution in [0, 0.1) is 0 Å². The van der Waals surface area contributed by atoms with Gasteiger partial charge < -0.3 is 4.74 Å². The van der Waals surface area contributed by atoms with E-state index in [0.29, 0.717) is 18.1 Å². The van der Waals surface area contributed by atoms with Crippen molar-refractivity contribution in [2.24, 2.45) is 0 Å². The van der Waals surface area contributed by atoms with Gasteiger partial charge in [-0.1, -0.05) is 41.7 Å². The number of carbonyl (C=O) groups excluding carboxylic acids is 2. The average molecular weight is 374 g/mol. The van der Waals surface area contributed by atoms with Crippen LogP contribution in [0.3, 0.4) is 0 Å². The summed E-state index contributed by atoms with van der Waals surface area (Å²) in [4.78, 5) is 26.4. The molecule has 1 fully saturated rings. The predicted molar refractivity (Wildman–Crippen MR) is 99.9 cm³/mol. The second-order valence-corrected chi connectivity index (χ2v) is 8.08. The van der Waals surface area contributed by atoms with Crippen molar-refractivity contribution >= 4 is 28.5 Å². The first kappa shape index (κ1) is 18.3. The summed E-state index contributed by atoms with van der Waals surface area (Å²) in [6.45, 7) is 5.94. The summed E-state index contributed by atoms with van der Waals surface area (Å²) in [7, 11) is 0. The highest BCUT2D eigenvalue weighted by molar-refractivity contribution is 7.18. The number of nitrogens with zero attached hydrogens (tertiary/aromatic N) is 3. The number of hydrogen-bond acceptors (Lipinski definition) is 6. The van der Waals surface area contributed by atoms with Crippen LogP contribution in [0.25, 0.3) is 10.6 Å². The van der Waals surface area contributed by atoms with Gasteiger partial charge in [0, 0.05) is 12.1 Å². The van der Waals surface area contributed by atoms with E-state index < -0.39 is 17.7 Å². The molecular formula is C18H22N4O3S. The SMILES string of the molecule is CC(C)(C)OC(=O)N1CCCC1C(=O)Nc1nnc(-c2ccccc2)s1. The maximum Gasteiger partial charge on any atom is 0.410 e. The quantitative estimate of drug-likeness (QED) is 0.888. The Morgan fingerprint density at radius 2 is 1.96 bits per heavy atom. The first-order valence-corrected chi connectivity index (χ1v) is 9.34. The topological polar surface area (TPSA) is 84.4 Å². The molecule has 1 atom stereocenters. The van der Waals surface area contributed by atoms with Crippen molar-refractivity contribution in [3.8, 4) is 10.6 Å². The predicted octanol–water partition coefficient (Wildman–Crippen LogP) is 3.54. The van der Waals surface area contributed by atoms with Crippen LogP contribution in [-0.2, 0) is 9.53 Å². The smallest absolute Gasteiger partial charge is 0.410 e. The zero-order chi connectivity index (χ0) is 18.7. The van der Waals surface area contributed by atoms with Gasteiger partial charge in [0.25, 0.3) is 0 Å². The summed E-state index contributed by atoms with van der Waals surface area (Å²) in [6.07, 6.45) is 0.912. The Labute approximate surface area is 156 Å². The lowest BCUT2D eigenvalue weighted by Crippen LogP contribution is -2.45. The molecule has 1 aliphatic heterocycles. The van der Waals surface area contributed by atoms with Crippen LogP contribution in [-0.4, -0.2) is 45.3 Å². The van der Waals surface area contributed by atoms with Crippen molar-refractivity contribution in [3.63, 3.8) is 0 Å². The third-order valence-electron chi connectivity index (χ3n) is 3.86. The maximum absolute atomic E-state index is 12.6. The minimum atomic E-state index is -0.593. The summed E-state index contributed by atoms with van der Waals surface area (Å²) in [5, 5.41) is 12.1. The lowest BCUT2D eigenvalue weighted by Gasteiger charge is -2.27. The molecule has 2 aromatic rings. The molecule has 1 aromatic heterocycles. The molecule has 7 nitrogen and oxygen atoms in total. The number of hydrogen-bond donors (Lipinski definition) is 1. The zero-order valence-electron chi connectivity index (χ0n) is 15.1. The second kappa shape index (κ2) is 7.41. The molecule has 0 aliphatic carbocycles. The number of likely N-dealkylation sites (tertiary alicyclic amines) is 1. The van der Waals surface area contributed by atoms with Crippen molar-refractivity contribution in [3.05, 3.63) is 30.3 Å². The number of ether oxygens (including phenoxy) is 1. The van der Waals surface area contributed by atoms with Gasteiger partial charge in [-0.25, -0.2) is 4.79 Å². The van der Waals surface area contributed by atoms with E-state index in [9.17, 15) is 9.59 Å². The van der Waals surface area contributed by atoms with Crippen LogP contribution >= 0.6 is 11.3 Å². The number of carbonyl (C=O) groups is 2. The van der Waals surface area contributed by atoms with E-state index in [-0.39, 0.29) is 5.91 Å². The number of amides is 2. The van der Waals surface area contributed by atoms with E-state index in [2.05, 4.69) is 15.5 Å². The van der Waals surface area contributed by atoms with Crippen molar-refractivity contribution in [2.45, 2.75) is 45.3 Å². The molecule has 0 spiro atoms.